The standard InChI is InChI=1S/C13H18ClNO3/c1-17-11-3-2-9(6-10(11)14)12(16)13(7-15)4-5-18-8-13/h2-3,6,12,16H,4-5,7-8,15H2,1H3. The van der Waals surface area contributed by atoms with Crippen molar-refractivity contribution < 1.29 is 14.6 Å². The molecule has 0 aromatic heterocycles. The van der Waals surface area contributed by atoms with Crippen molar-refractivity contribution in [1.29, 1.82) is 0 Å². The Morgan fingerprint density at radius 2 is 2.39 bits per heavy atom. The molecular weight excluding hydrogens is 254 g/mol. The van der Waals surface area contributed by atoms with Crippen LogP contribution in [0, 0.1) is 5.41 Å². The van der Waals surface area contributed by atoms with Gasteiger partial charge in [0.05, 0.1) is 24.8 Å². The van der Waals surface area contributed by atoms with E-state index < -0.39 is 11.5 Å². The van der Waals surface area contributed by atoms with Gasteiger partial charge in [-0.15, -0.1) is 0 Å². The molecule has 0 bridgehead atoms. The fourth-order valence-corrected chi connectivity index (χ4v) is 2.58. The lowest BCUT2D eigenvalue weighted by atomic mass is 9.78. The van der Waals surface area contributed by atoms with Crippen LogP contribution in [0.1, 0.15) is 18.1 Å². The second-order valence-electron chi connectivity index (χ2n) is 4.67. The van der Waals surface area contributed by atoms with Crippen LogP contribution in [0.15, 0.2) is 18.2 Å². The molecule has 4 nitrogen and oxygen atoms in total. The first-order valence-corrected chi connectivity index (χ1v) is 6.30. The molecule has 2 unspecified atom stereocenters. The molecule has 1 aliphatic rings. The smallest absolute Gasteiger partial charge is 0.137 e. The van der Waals surface area contributed by atoms with Crippen molar-refractivity contribution in [3.05, 3.63) is 28.8 Å². The molecular formula is C13H18ClNO3. The Balaban J connectivity index is 2.27. The molecule has 0 spiro atoms. The summed E-state index contributed by atoms with van der Waals surface area (Å²) in [5.74, 6) is 0.595. The van der Waals surface area contributed by atoms with Crippen molar-refractivity contribution in [2.24, 2.45) is 11.1 Å². The summed E-state index contributed by atoms with van der Waals surface area (Å²) >= 11 is 6.07. The minimum Gasteiger partial charge on any atom is -0.495 e. The Hall–Kier alpha value is -0.810. The number of hydrogen-bond donors (Lipinski definition) is 2. The average molecular weight is 272 g/mol. The Labute approximate surface area is 112 Å². The zero-order valence-electron chi connectivity index (χ0n) is 10.4. The average Bonchev–Trinajstić information content (AvgIpc) is 2.87. The van der Waals surface area contributed by atoms with E-state index in [1.807, 2.05) is 6.07 Å². The Kier molecular flexibility index (Phi) is 4.12. The fraction of sp³-hybridized carbons (Fsp3) is 0.538. The predicted octanol–water partition coefficient (Wildman–Crippen LogP) is 1.75. The van der Waals surface area contributed by atoms with Gasteiger partial charge in [0, 0.05) is 18.6 Å². The van der Waals surface area contributed by atoms with Crippen LogP contribution in [0.5, 0.6) is 5.75 Å². The molecule has 2 rings (SSSR count). The van der Waals surface area contributed by atoms with Gasteiger partial charge in [0.2, 0.25) is 0 Å². The van der Waals surface area contributed by atoms with Crippen LogP contribution in [0.2, 0.25) is 5.02 Å². The molecule has 3 N–H and O–H groups in total. The van der Waals surface area contributed by atoms with Gasteiger partial charge in [-0.25, -0.2) is 0 Å². The highest BCUT2D eigenvalue weighted by molar-refractivity contribution is 6.32. The molecule has 100 valence electrons. The fourth-order valence-electron chi connectivity index (χ4n) is 2.32. The van der Waals surface area contributed by atoms with Crippen molar-refractivity contribution in [2.45, 2.75) is 12.5 Å². The maximum absolute atomic E-state index is 10.5. The van der Waals surface area contributed by atoms with Gasteiger partial charge in [-0.2, -0.15) is 0 Å². The predicted molar refractivity (Wildman–Crippen MR) is 69.9 cm³/mol. The van der Waals surface area contributed by atoms with Crippen molar-refractivity contribution in [1.82, 2.24) is 0 Å². The van der Waals surface area contributed by atoms with Crippen LogP contribution in [0.3, 0.4) is 0 Å². The summed E-state index contributed by atoms with van der Waals surface area (Å²) in [4.78, 5) is 0. The van der Waals surface area contributed by atoms with E-state index in [-0.39, 0.29) is 0 Å². The topological polar surface area (TPSA) is 64.7 Å². The summed E-state index contributed by atoms with van der Waals surface area (Å²) in [6, 6.07) is 5.28. The van der Waals surface area contributed by atoms with Crippen LogP contribution in [-0.4, -0.2) is 32.0 Å². The van der Waals surface area contributed by atoms with Crippen LogP contribution < -0.4 is 10.5 Å². The molecule has 1 aliphatic heterocycles. The van der Waals surface area contributed by atoms with Crippen LogP contribution >= 0.6 is 11.6 Å². The van der Waals surface area contributed by atoms with Crippen LogP contribution in [-0.2, 0) is 4.74 Å². The van der Waals surface area contributed by atoms with Crippen molar-refractivity contribution >= 4 is 11.6 Å². The van der Waals surface area contributed by atoms with Crippen molar-refractivity contribution in [3.63, 3.8) is 0 Å². The molecule has 0 aliphatic carbocycles. The van der Waals surface area contributed by atoms with E-state index in [0.29, 0.717) is 30.5 Å². The first kappa shape index (κ1) is 13.6. The number of nitrogens with two attached hydrogens (primary N) is 1. The lowest BCUT2D eigenvalue weighted by Gasteiger charge is -2.31. The van der Waals surface area contributed by atoms with E-state index >= 15 is 0 Å². The SMILES string of the molecule is COc1ccc(C(O)C2(CN)CCOC2)cc1Cl. The molecule has 1 fully saturated rings. The van der Waals surface area contributed by atoms with Gasteiger partial charge in [-0.05, 0) is 24.1 Å². The molecule has 1 aromatic rings. The number of rotatable bonds is 4. The number of halogens is 1. The monoisotopic (exact) mass is 271 g/mol. The summed E-state index contributed by atoms with van der Waals surface area (Å²) < 4.78 is 10.5. The van der Waals surface area contributed by atoms with Gasteiger partial charge in [-0.3, -0.25) is 0 Å². The minimum absolute atomic E-state index is 0.387. The molecule has 1 heterocycles. The van der Waals surface area contributed by atoms with Crippen molar-refractivity contribution in [3.8, 4) is 5.75 Å². The van der Waals surface area contributed by atoms with E-state index in [9.17, 15) is 5.11 Å². The largest absolute Gasteiger partial charge is 0.495 e. The highest BCUT2D eigenvalue weighted by atomic mass is 35.5. The lowest BCUT2D eigenvalue weighted by Crippen LogP contribution is -2.37. The zero-order valence-corrected chi connectivity index (χ0v) is 11.1. The Morgan fingerprint density at radius 1 is 1.61 bits per heavy atom. The quantitative estimate of drug-likeness (QED) is 0.876. The Bertz CT molecular complexity index is 419. The van der Waals surface area contributed by atoms with E-state index in [0.717, 1.165) is 12.0 Å². The first-order valence-electron chi connectivity index (χ1n) is 5.92. The molecule has 1 saturated heterocycles. The summed E-state index contributed by atoms with van der Waals surface area (Å²) in [7, 11) is 1.56. The van der Waals surface area contributed by atoms with Gasteiger partial charge in [0.15, 0.2) is 0 Å². The number of methoxy groups -OCH3 is 1. The summed E-state index contributed by atoms with van der Waals surface area (Å²) in [5, 5.41) is 11.0. The maximum atomic E-state index is 10.5. The number of aliphatic hydroxyl groups is 1. The second kappa shape index (κ2) is 5.45. The van der Waals surface area contributed by atoms with Gasteiger partial charge < -0.3 is 20.3 Å². The number of aliphatic hydroxyl groups excluding tert-OH is 1. The molecule has 5 heteroatoms. The van der Waals surface area contributed by atoms with Gasteiger partial charge >= 0.3 is 0 Å². The lowest BCUT2D eigenvalue weighted by molar-refractivity contribution is 0.0190. The van der Waals surface area contributed by atoms with Crippen LogP contribution in [0.4, 0.5) is 0 Å². The van der Waals surface area contributed by atoms with Gasteiger partial charge in [0.25, 0.3) is 0 Å². The summed E-state index contributed by atoms with van der Waals surface area (Å²) in [6.07, 6.45) is 0.0855. The van der Waals surface area contributed by atoms with Crippen LogP contribution in [0.25, 0.3) is 0 Å². The molecule has 0 saturated carbocycles. The third-order valence-corrected chi connectivity index (χ3v) is 3.91. The van der Waals surface area contributed by atoms with Gasteiger partial charge in [-0.1, -0.05) is 17.7 Å². The number of benzene rings is 1. The van der Waals surface area contributed by atoms with E-state index in [4.69, 9.17) is 26.8 Å². The summed E-state index contributed by atoms with van der Waals surface area (Å²) in [5.41, 5.74) is 6.15. The minimum atomic E-state index is -0.673. The number of hydrogen-bond acceptors (Lipinski definition) is 4. The third-order valence-electron chi connectivity index (χ3n) is 3.61. The second-order valence-corrected chi connectivity index (χ2v) is 5.07. The maximum Gasteiger partial charge on any atom is 0.137 e. The zero-order chi connectivity index (χ0) is 13.2. The van der Waals surface area contributed by atoms with E-state index in [2.05, 4.69) is 0 Å². The summed E-state index contributed by atoms with van der Waals surface area (Å²) in [6.45, 7) is 1.50. The third kappa shape index (κ3) is 2.34. The van der Waals surface area contributed by atoms with E-state index in [1.165, 1.54) is 0 Å². The highest BCUT2D eigenvalue weighted by Gasteiger charge is 2.41. The Morgan fingerprint density at radius 3 is 2.89 bits per heavy atom. The molecule has 0 radical (unpaired) electrons. The first-order chi connectivity index (χ1) is 8.63. The highest BCUT2D eigenvalue weighted by Crippen LogP contribution is 2.41. The molecule has 0 amide bonds. The molecule has 2 atom stereocenters. The van der Waals surface area contributed by atoms with E-state index in [1.54, 1.807) is 19.2 Å². The molecule has 1 aromatic carbocycles. The number of ether oxygens (including phenoxy) is 2. The van der Waals surface area contributed by atoms with Crippen molar-refractivity contribution in [2.75, 3.05) is 26.9 Å². The van der Waals surface area contributed by atoms with Gasteiger partial charge in [0.1, 0.15) is 5.75 Å². The normalized spacial score (nSPS) is 25.1. The molecule has 18 heavy (non-hydrogen) atoms.